The molecule has 71 heavy (non-hydrogen) atoms. The SMILES string of the molecule is CC(=O)N[C@H]1[C@@H](O[C@H](C)[C@H]([NH3+])C(=O)N[C@H](C(=O)N2CCC[C@H]2C(=O)N[C@@H](C)C(=O)N[C@@H](C)C(=O)N[C@H](C(=O)N[C@H](C(=O)[O-])C(C)C)C(C)C)C(C)C)O[C@H](CO)[C@H](O)[C@@H]1O[C@@H]1O[C@H](CO)[C@H](O)[C@H](O)[C@H]1O. The van der Waals surface area contributed by atoms with Gasteiger partial charge in [0.2, 0.25) is 35.4 Å². The minimum atomic E-state index is -1.91. The number of carbonyl (C=O) groups is 8. The zero-order chi connectivity index (χ0) is 53.9. The van der Waals surface area contributed by atoms with Crippen LogP contribution in [0.1, 0.15) is 82.1 Å². The topological polar surface area (TPSA) is 421 Å². The summed E-state index contributed by atoms with van der Waals surface area (Å²) < 4.78 is 23.1. The van der Waals surface area contributed by atoms with Gasteiger partial charge in [-0.15, -0.1) is 0 Å². The molecule has 3 fully saturated rings. The molecule has 15 N–H and O–H groups in total. The smallest absolute Gasteiger partial charge is 0.281 e. The van der Waals surface area contributed by atoms with Crippen LogP contribution in [0.4, 0.5) is 0 Å². The number of rotatable bonds is 23. The average molecular weight is 1020 g/mol. The number of likely N-dealkylation sites (tertiary alicyclic amines) is 1. The maximum Gasteiger partial charge on any atom is 0.281 e. The second kappa shape index (κ2) is 26.9. The number of aliphatic hydroxyl groups excluding tert-OH is 6. The van der Waals surface area contributed by atoms with E-state index < -0.39 is 188 Å². The Morgan fingerprint density at radius 2 is 1.17 bits per heavy atom. The van der Waals surface area contributed by atoms with Gasteiger partial charge in [-0.3, -0.25) is 33.6 Å². The Morgan fingerprint density at radius 1 is 0.662 bits per heavy atom. The Kier molecular flexibility index (Phi) is 22.9. The summed E-state index contributed by atoms with van der Waals surface area (Å²) in [6.07, 6.45) is -15.6. The van der Waals surface area contributed by atoms with Gasteiger partial charge in [-0.1, -0.05) is 41.5 Å². The predicted molar refractivity (Wildman–Crippen MR) is 240 cm³/mol. The summed E-state index contributed by atoms with van der Waals surface area (Å²) in [7, 11) is 0. The molecular weight excluding hydrogens is 945 g/mol. The average Bonchev–Trinajstić information content (AvgIpc) is 3.80. The molecule has 3 rings (SSSR count). The molecule has 0 aromatic rings. The predicted octanol–water partition coefficient (Wildman–Crippen LogP) is -8.06. The van der Waals surface area contributed by atoms with Crippen molar-refractivity contribution in [1.82, 2.24) is 36.8 Å². The first kappa shape index (κ1) is 60.6. The van der Waals surface area contributed by atoms with E-state index in [-0.39, 0.29) is 13.0 Å². The molecule has 3 aliphatic rings. The number of carbonyl (C=O) groups excluding carboxylic acids is 8. The van der Waals surface area contributed by atoms with Crippen molar-refractivity contribution >= 4 is 47.3 Å². The normalized spacial score (nSPS) is 29.7. The van der Waals surface area contributed by atoms with E-state index in [1.54, 1.807) is 41.5 Å². The molecule has 7 amide bonds. The van der Waals surface area contributed by atoms with Crippen molar-refractivity contribution in [3.05, 3.63) is 0 Å². The number of hydrogen-bond acceptors (Lipinski definition) is 19. The van der Waals surface area contributed by atoms with E-state index in [1.807, 2.05) is 0 Å². The Hall–Kier alpha value is -4.68. The van der Waals surface area contributed by atoms with Crippen LogP contribution in [0, 0.1) is 17.8 Å². The van der Waals surface area contributed by atoms with E-state index in [0.717, 1.165) is 6.92 Å². The van der Waals surface area contributed by atoms with Crippen LogP contribution in [0.15, 0.2) is 0 Å². The summed E-state index contributed by atoms with van der Waals surface area (Å²) in [5, 5.41) is 88.8. The number of carboxylic acids is 1. The van der Waals surface area contributed by atoms with Crippen LogP contribution in [0.5, 0.6) is 0 Å². The zero-order valence-corrected chi connectivity index (χ0v) is 41.8. The van der Waals surface area contributed by atoms with E-state index in [9.17, 15) is 74.1 Å². The molecule has 0 radical (unpaired) electrons. The van der Waals surface area contributed by atoms with E-state index >= 15 is 0 Å². The van der Waals surface area contributed by atoms with Crippen LogP contribution in [0.3, 0.4) is 0 Å². The monoisotopic (exact) mass is 1020 g/mol. The fraction of sp³-hybridized carbons (Fsp3) is 0.818. The fourth-order valence-corrected chi connectivity index (χ4v) is 8.18. The fourth-order valence-electron chi connectivity index (χ4n) is 8.18. The lowest BCUT2D eigenvalue weighted by molar-refractivity contribution is -0.431. The van der Waals surface area contributed by atoms with Gasteiger partial charge in [-0.2, -0.15) is 0 Å². The lowest BCUT2D eigenvalue weighted by Gasteiger charge is -2.47. The molecule has 27 heteroatoms. The second-order valence-corrected chi connectivity index (χ2v) is 19.3. The molecule has 0 saturated carbocycles. The summed E-state index contributed by atoms with van der Waals surface area (Å²) in [5.41, 5.74) is 3.91. The van der Waals surface area contributed by atoms with Crippen molar-refractivity contribution in [2.75, 3.05) is 19.8 Å². The van der Waals surface area contributed by atoms with Crippen molar-refractivity contribution in [3.63, 3.8) is 0 Å². The van der Waals surface area contributed by atoms with Gasteiger partial charge in [-0.25, -0.2) is 0 Å². The molecule has 18 atom stereocenters. The van der Waals surface area contributed by atoms with Crippen LogP contribution >= 0.6 is 0 Å². The molecule has 27 nitrogen and oxygen atoms in total. The molecule has 0 aromatic carbocycles. The lowest BCUT2D eigenvalue weighted by Crippen LogP contribution is -2.75. The Balaban J connectivity index is 1.68. The minimum absolute atomic E-state index is 0.125. The summed E-state index contributed by atoms with van der Waals surface area (Å²) in [4.78, 5) is 106. The maximum atomic E-state index is 14.1. The number of aliphatic carboxylic acids is 1. The first-order valence-electron chi connectivity index (χ1n) is 23.8. The first-order valence-corrected chi connectivity index (χ1v) is 23.8. The van der Waals surface area contributed by atoms with Crippen LogP contribution in [-0.4, -0.2) is 212 Å². The largest absolute Gasteiger partial charge is 0.548 e. The third-order valence-electron chi connectivity index (χ3n) is 12.7. The van der Waals surface area contributed by atoms with Gasteiger partial charge in [0.25, 0.3) is 5.91 Å². The molecule has 3 saturated heterocycles. The van der Waals surface area contributed by atoms with Crippen molar-refractivity contribution in [2.45, 2.75) is 192 Å². The zero-order valence-electron chi connectivity index (χ0n) is 41.8. The molecular formula is C44H76N8O19. The number of aliphatic hydroxyl groups is 6. The van der Waals surface area contributed by atoms with Gasteiger partial charge in [0.1, 0.15) is 85.1 Å². The summed E-state index contributed by atoms with van der Waals surface area (Å²) in [6, 6.07) is -9.91. The molecule has 0 spiro atoms. The highest BCUT2D eigenvalue weighted by Gasteiger charge is 2.52. The van der Waals surface area contributed by atoms with Crippen molar-refractivity contribution in [1.29, 1.82) is 0 Å². The first-order chi connectivity index (χ1) is 33.1. The summed E-state index contributed by atoms with van der Waals surface area (Å²) in [5.74, 6) is -8.09. The molecule has 0 aliphatic carbocycles. The molecule has 3 heterocycles. The minimum Gasteiger partial charge on any atom is -0.548 e. The van der Waals surface area contributed by atoms with Crippen LogP contribution in [0.25, 0.3) is 0 Å². The van der Waals surface area contributed by atoms with Gasteiger partial charge < -0.3 is 102 Å². The Labute approximate surface area is 411 Å². The number of hydrogen-bond donors (Lipinski definition) is 13. The van der Waals surface area contributed by atoms with Crippen molar-refractivity contribution < 1.29 is 98.8 Å². The van der Waals surface area contributed by atoms with Gasteiger partial charge in [0, 0.05) is 13.5 Å². The number of amides is 7. The lowest BCUT2D eigenvalue weighted by atomic mass is 9.95. The number of nitrogens with one attached hydrogen (secondary N) is 6. The van der Waals surface area contributed by atoms with Crippen LogP contribution < -0.4 is 42.7 Å². The van der Waals surface area contributed by atoms with Gasteiger partial charge >= 0.3 is 0 Å². The number of ether oxygens (including phenoxy) is 4. The highest BCUT2D eigenvalue weighted by Crippen LogP contribution is 2.31. The number of carboxylic acid groups (broad SMARTS) is 1. The summed E-state index contributed by atoms with van der Waals surface area (Å²) >= 11 is 0. The molecule has 3 aliphatic heterocycles. The summed E-state index contributed by atoms with van der Waals surface area (Å²) in [6.45, 7) is 13.5. The highest BCUT2D eigenvalue weighted by molar-refractivity contribution is 5.97. The Morgan fingerprint density at radius 3 is 1.70 bits per heavy atom. The number of quaternary nitrogens is 1. The highest BCUT2D eigenvalue weighted by atomic mass is 16.7. The Bertz CT molecular complexity index is 1860. The molecule has 406 valence electrons. The molecule has 0 unspecified atom stereocenters. The van der Waals surface area contributed by atoms with Crippen LogP contribution in [0.2, 0.25) is 0 Å². The van der Waals surface area contributed by atoms with Gasteiger partial charge in [-0.05, 0) is 51.4 Å². The quantitative estimate of drug-likeness (QED) is 0.0452. The number of nitrogens with zero attached hydrogens (tertiary/aromatic N) is 1. The van der Waals surface area contributed by atoms with E-state index in [0.29, 0.717) is 6.42 Å². The van der Waals surface area contributed by atoms with Crippen LogP contribution in [-0.2, 0) is 57.3 Å². The van der Waals surface area contributed by atoms with Crippen molar-refractivity contribution in [3.8, 4) is 0 Å². The third-order valence-corrected chi connectivity index (χ3v) is 12.7. The third kappa shape index (κ3) is 15.7. The van der Waals surface area contributed by atoms with E-state index in [4.69, 9.17) is 18.9 Å². The standard InChI is InChI=1S/C44H76N8O19/c1-16(2)27(40(64)51-29(18(5)6)42(66)67)49-37(61)20(8)46-36(60)19(7)47-38(62)23-12-11-13-52(23)41(65)28(17(3)4)50-39(63)26(45)21(9)68-43-30(48-22(10)55)35(32(57)25(15-54)69-43)71-44-34(59)33(58)31(56)24(14-53)70-44/h16-21,23-35,43-44,53-54,56-59H,11-15,45H2,1-10H3,(H,46,60)(H,47,62)(H,48,55)(H,49,61)(H,50,63)(H,51,64)(H,66,67)/t19-,20-,21+,23-,24+,25+,26-,27-,28-,29-,30+,31-,32-,33-,34+,35+,43-,44-/m0/s1. The molecule has 0 bridgehead atoms. The van der Waals surface area contributed by atoms with E-state index in [1.165, 1.54) is 25.7 Å². The maximum absolute atomic E-state index is 14.1. The van der Waals surface area contributed by atoms with Gasteiger partial charge in [0.15, 0.2) is 18.6 Å². The van der Waals surface area contributed by atoms with Gasteiger partial charge in [0.05, 0.1) is 25.2 Å². The second-order valence-electron chi connectivity index (χ2n) is 19.3. The molecule has 0 aromatic heterocycles. The van der Waals surface area contributed by atoms with Crippen molar-refractivity contribution in [2.24, 2.45) is 17.8 Å². The van der Waals surface area contributed by atoms with E-state index in [2.05, 4.69) is 37.6 Å².